The topological polar surface area (TPSA) is 54.8 Å². The van der Waals surface area contributed by atoms with E-state index in [4.69, 9.17) is 14.4 Å². The molecule has 48 heavy (non-hydrogen) atoms. The molecule has 226 valence electrons. The largest absolute Gasteiger partial charge is 0.454 e. The molecule has 0 fully saturated rings. The molecule has 0 bridgehead atoms. The average molecular weight is 617 g/mol. The fourth-order valence-corrected chi connectivity index (χ4v) is 7.28. The van der Waals surface area contributed by atoms with Crippen molar-refractivity contribution in [3.05, 3.63) is 174 Å². The zero-order valence-electron chi connectivity index (χ0n) is 25.8. The first-order chi connectivity index (χ1) is 23.8. The van der Waals surface area contributed by atoms with E-state index in [9.17, 15) is 0 Å². The Bertz CT molecular complexity index is 2740. The Morgan fingerprint density at radius 1 is 0.542 bits per heavy atom. The normalized spacial score (nSPS) is 14.9. The zero-order chi connectivity index (χ0) is 31.6. The lowest BCUT2D eigenvalue weighted by atomic mass is 9.99. The van der Waals surface area contributed by atoms with Crippen LogP contribution < -0.4 is 5.32 Å². The summed E-state index contributed by atoms with van der Waals surface area (Å²) >= 11 is 0. The lowest BCUT2D eigenvalue weighted by molar-refractivity contribution is 0.671. The zero-order valence-corrected chi connectivity index (χ0v) is 25.8. The Morgan fingerprint density at radius 3 is 1.94 bits per heavy atom. The highest BCUT2D eigenvalue weighted by atomic mass is 16.3. The number of aromatic nitrogens is 1. The third-order valence-electron chi connectivity index (χ3n) is 9.44. The van der Waals surface area contributed by atoms with E-state index in [0.29, 0.717) is 5.84 Å². The summed E-state index contributed by atoms with van der Waals surface area (Å²) in [4.78, 5) is 10.1. The molecule has 7 aromatic carbocycles. The molecule has 10 rings (SSSR count). The van der Waals surface area contributed by atoms with Gasteiger partial charge in [-0.3, -0.25) is 0 Å². The molecule has 1 aliphatic rings. The van der Waals surface area contributed by atoms with Crippen molar-refractivity contribution in [2.45, 2.75) is 6.17 Å². The van der Waals surface area contributed by atoms with Gasteiger partial charge in [0.1, 0.15) is 17.6 Å². The van der Waals surface area contributed by atoms with Gasteiger partial charge >= 0.3 is 0 Å². The van der Waals surface area contributed by atoms with Gasteiger partial charge in [-0.15, -0.1) is 0 Å². The fourth-order valence-electron chi connectivity index (χ4n) is 7.28. The summed E-state index contributed by atoms with van der Waals surface area (Å²) in [6.45, 7) is 0. The van der Waals surface area contributed by atoms with Crippen LogP contribution in [-0.2, 0) is 0 Å². The molecule has 1 unspecified atom stereocenters. The van der Waals surface area contributed by atoms with Gasteiger partial charge in [-0.1, -0.05) is 121 Å². The van der Waals surface area contributed by atoms with Crippen LogP contribution in [0.15, 0.2) is 172 Å². The minimum Gasteiger partial charge on any atom is -0.454 e. The second-order valence-electron chi connectivity index (χ2n) is 12.2. The number of hydrogen-bond donors (Lipinski definition) is 1. The molecular formula is C43H28N4O. The first-order valence-electron chi connectivity index (χ1n) is 16.2. The van der Waals surface area contributed by atoms with Crippen LogP contribution in [0, 0.1) is 0 Å². The molecule has 0 amide bonds. The highest BCUT2D eigenvalue weighted by Gasteiger charge is 2.24. The Hall–Kier alpha value is -6.46. The molecule has 5 heteroatoms. The second-order valence-corrected chi connectivity index (χ2v) is 12.2. The van der Waals surface area contributed by atoms with Crippen molar-refractivity contribution in [3.8, 4) is 5.69 Å². The molecular weight excluding hydrogens is 589 g/mol. The summed E-state index contributed by atoms with van der Waals surface area (Å²) in [7, 11) is 0. The quantitative estimate of drug-likeness (QED) is 0.214. The Balaban J connectivity index is 1.19. The number of nitrogens with zero attached hydrogens (tertiary/aromatic N) is 3. The number of aliphatic imine (C=N–C) groups is 2. The first-order valence-corrected chi connectivity index (χ1v) is 16.2. The van der Waals surface area contributed by atoms with E-state index in [2.05, 4.69) is 125 Å². The summed E-state index contributed by atoms with van der Waals surface area (Å²) in [6.07, 6.45) is -0.249. The van der Waals surface area contributed by atoms with E-state index < -0.39 is 0 Å². The van der Waals surface area contributed by atoms with Crippen molar-refractivity contribution < 1.29 is 4.42 Å². The van der Waals surface area contributed by atoms with E-state index in [1.165, 1.54) is 21.5 Å². The molecule has 0 saturated heterocycles. The highest BCUT2D eigenvalue weighted by Crippen LogP contribution is 2.45. The molecule has 1 aliphatic heterocycles. The maximum Gasteiger partial charge on any atom is 0.160 e. The van der Waals surface area contributed by atoms with Gasteiger partial charge in [-0.2, -0.15) is 0 Å². The molecule has 5 nitrogen and oxygen atoms in total. The van der Waals surface area contributed by atoms with E-state index in [-0.39, 0.29) is 6.17 Å². The smallest absolute Gasteiger partial charge is 0.160 e. The van der Waals surface area contributed by atoms with Gasteiger partial charge in [0.15, 0.2) is 11.4 Å². The minimum atomic E-state index is -0.249. The van der Waals surface area contributed by atoms with Gasteiger partial charge in [0, 0.05) is 38.4 Å². The average Bonchev–Trinajstić information content (AvgIpc) is 3.73. The first kappa shape index (κ1) is 26.7. The van der Waals surface area contributed by atoms with Gasteiger partial charge in [0.05, 0.1) is 11.0 Å². The van der Waals surface area contributed by atoms with Gasteiger partial charge in [-0.25, -0.2) is 9.98 Å². The Morgan fingerprint density at radius 2 is 1.17 bits per heavy atom. The predicted molar refractivity (Wildman–Crippen MR) is 197 cm³/mol. The third-order valence-corrected chi connectivity index (χ3v) is 9.44. The van der Waals surface area contributed by atoms with Crippen LogP contribution in [0.3, 0.4) is 0 Å². The molecule has 9 aromatic rings. The van der Waals surface area contributed by atoms with E-state index >= 15 is 0 Å². The molecule has 0 radical (unpaired) electrons. The molecule has 0 saturated carbocycles. The SMILES string of the molecule is c1ccc(C2=NC(c3ccc(-n4c5ccccc5c5c6ccccc6c6c7ccccc7oc6c54)cc3)=NC(c3ccccc3)N2)cc1. The van der Waals surface area contributed by atoms with Crippen LogP contribution in [0.25, 0.3) is 60.2 Å². The van der Waals surface area contributed by atoms with Crippen LogP contribution >= 0.6 is 0 Å². The van der Waals surface area contributed by atoms with Crippen LogP contribution in [0.5, 0.6) is 0 Å². The van der Waals surface area contributed by atoms with Crippen molar-refractivity contribution in [1.29, 1.82) is 0 Å². The molecule has 1 atom stereocenters. The van der Waals surface area contributed by atoms with Crippen molar-refractivity contribution in [2.75, 3.05) is 0 Å². The number of fused-ring (bicyclic) bond motifs is 10. The van der Waals surface area contributed by atoms with Crippen molar-refractivity contribution in [2.24, 2.45) is 9.98 Å². The minimum absolute atomic E-state index is 0.249. The van der Waals surface area contributed by atoms with Crippen molar-refractivity contribution in [1.82, 2.24) is 9.88 Å². The lowest BCUT2D eigenvalue weighted by Crippen LogP contribution is -2.33. The Kier molecular flexibility index (Phi) is 5.87. The van der Waals surface area contributed by atoms with E-state index in [1.54, 1.807) is 0 Å². The summed E-state index contributed by atoms with van der Waals surface area (Å²) in [5, 5.41) is 10.6. The molecule has 1 N–H and O–H groups in total. The molecule has 3 heterocycles. The Labute approximate surface area is 276 Å². The number of para-hydroxylation sites is 2. The number of nitrogens with one attached hydrogen (secondary N) is 1. The summed E-state index contributed by atoms with van der Waals surface area (Å²) in [5.74, 6) is 1.50. The van der Waals surface area contributed by atoms with E-state index in [1.807, 2.05) is 42.5 Å². The van der Waals surface area contributed by atoms with Crippen LogP contribution in [0.1, 0.15) is 22.9 Å². The fraction of sp³-hybridized carbons (Fsp3) is 0.0233. The van der Waals surface area contributed by atoms with Gasteiger partial charge in [0.25, 0.3) is 0 Å². The molecule has 2 aromatic heterocycles. The standard InChI is InChI=1S/C43H28N4O/c1-3-13-27(14-4-1)41-44-42(28-15-5-2-6-16-28)46-43(45-41)29-23-25-30(26-24-29)47-35-21-11-9-19-33(35)37-31-17-7-8-18-32(31)38-34-20-10-12-22-36(34)48-40(38)39(37)47/h1-26,41H,(H,44,45,46). The second kappa shape index (κ2) is 10.5. The van der Waals surface area contributed by atoms with Crippen LogP contribution in [-0.4, -0.2) is 16.2 Å². The van der Waals surface area contributed by atoms with Crippen molar-refractivity contribution >= 4 is 66.2 Å². The molecule has 0 aliphatic carbocycles. The summed E-state index contributed by atoms with van der Waals surface area (Å²) < 4.78 is 9.08. The maximum atomic E-state index is 6.73. The van der Waals surface area contributed by atoms with E-state index in [0.717, 1.165) is 61.2 Å². The number of amidine groups is 2. The number of furan rings is 1. The van der Waals surface area contributed by atoms with Crippen LogP contribution in [0.2, 0.25) is 0 Å². The number of hydrogen-bond acceptors (Lipinski definition) is 4. The number of rotatable bonds is 4. The predicted octanol–water partition coefficient (Wildman–Crippen LogP) is 10.3. The maximum absolute atomic E-state index is 6.73. The molecule has 0 spiro atoms. The summed E-state index contributed by atoms with van der Waals surface area (Å²) in [6, 6.07) is 54.8. The van der Waals surface area contributed by atoms with Crippen LogP contribution in [0.4, 0.5) is 0 Å². The summed E-state index contributed by atoms with van der Waals surface area (Å²) in [5.41, 5.74) is 8.10. The van der Waals surface area contributed by atoms with Gasteiger partial charge in [-0.05, 0) is 52.7 Å². The van der Waals surface area contributed by atoms with Gasteiger partial charge < -0.3 is 14.3 Å². The van der Waals surface area contributed by atoms with Crippen molar-refractivity contribution in [3.63, 3.8) is 0 Å². The monoisotopic (exact) mass is 616 g/mol. The lowest BCUT2D eigenvalue weighted by Gasteiger charge is -2.23. The highest BCUT2D eigenvalue weighted by molar-refractivity contribution is 6.35. The van der Waals surface area contributed by atoms with Gasteiger partial charge in [0.2, 0.25) is 0 Å². The third kappa shape index (κ3) is 4.04. The number of benzene rings is 7.